The molecule has 0 bridgehead atoms. The number of nitrogens with zero attached hydrogens (tertiary/aromatic N) is 1. The van der Waals surface area contributed by atoms with Crippen molar-refractivity contribution in [2.45, 2.75) is 31.9 Å². The molecular weight excluding hydrogens is 626 g/mol. The predicted octanol–water partition coefficient (Wildman–Crippen LogP) is 5.75. The lowest BCUT2D eigenvalue weighted by molar-refractivity contribution is -0.120. The standard InChI is InChI=1S/C35H30ClN3O8/c1-17-13-24-28(33(41)35(17)34(42)29-23(44-3)15-25(45-4)30(36)32(29)47-35)20(31(46-24)18-9-11-19(43-2)12-10-18)14-27(40)37-16-26-38-21-7-5-6-8-22(21)39-26/h5-12,15,17H,13-14,16H2,1-4H3,(H,37,40)(H,38,39)/t17-,35+/m1/s1. The summed E-state index contributed by atoms with van der Waals surface area (Å²) in [5.74, 6) is 0.106. The first-order chi connectivity index (χ1) is 22.7. The number of ketones is 2. The smallest absolute Gasteiger partial charge is 0.237 e. The minimum Gasteiger partial charge on any atom is -0.497 e. The van der Waals surface area contributed by atoms with Gasteiger partial charge in [-0.3, -0.25) is 14.4 Å². The predicted molar refractivity (Wildman–Crippen MR) is 172 cm³/mol. The Bertz CT molecular complexity index is 2050. The van der Waals surface area contributed by atoms with Crippen LogP contribution in [0.2, 0.25) is 5.02 Å². The van der Waals surface area contributed by atoms with Crippen molar-refractivity contribution < 1.29 is 37.7 Å². The van der Waals surface area contributed by atoms with Gasteiger partial charge >= 0.3 is 0 Å². The van der Waals surface area contributed by atoms with Crippen LogP contribution in [0.4, 0.5) is 0 Å². The van der Waals surface area contributed by atoms with Gasteiger partial charge in [-0.05, 0) is 36.4 Å². The van der Waals surface area contributed by atoms with Crippen LogP contribution in [-0.4, -0.2) is 54.4 Å². The maximum Gasteiger partial charge on any atom is 0.237 e. The largest absolute Gasteiger partial charge is 0.497 e. The third kappa shape index (κ3) is 4.72. The first kappa shape index (κ1) is 30.4. The van der Waals surface area contributed by atoms with Gasteiger partial charge in [0.05, 0.1) is 50.9 Å². The number of imidazole rings is 1. The highest BCUT2D eigenvalue weighted by Gasteiger charge is 2.63. The molecular formula is C35H30ClN3O8. The number of hydrogen-bond donors (Lipinski definition) is 2. The second-order valence-corrected chi connectivity index (χ2v) is 11.9. The summed E-state index contributed by atoms with van der Waals surface area (Å²) in [7, 11) is 4.40. The lowest BCUT2D eigenvalue weighted by Crippen LogP contribution is -2.56. The number of fused-ring (bicyclic) bond motifs is 3. The van der Waals surface area contributed by atoms with E-state index in [4.69, 9.17) is 35.0 Å². The molecule has 1 aliphatic carbocycles. The van der Waals surface area contributed by atoms with Crippen LogP contribution in [0.15, 0.2) is 59.0 Å². The molecule has 3 heterocycles. The molecule has 0 saturated heterocycles. The zero-order valence-corrected chi connectivity index (χ0v) is 26.7. The average molecular weight is 656 g/mol. The molecule has 3 aromatic carbocycles. The Morgan fingerprint density at radius 2 is 1.74 bits per heavy atom. The monoisotopic (exact) mass is 655 g/mol. The molecule has 7 rings (SSSR count). The lowest BCUT2D eigenvalue weighted by Gasteiger charge is -2.35. The number of hydrogen-bond acceptors (Lipinski definition) is 9. The molecule has 0 saturated carbocycles. The van der Waals surface area contributed by atoms with Crippen molar-refractivity contribution in [3.8, 4) is 34.3 Å². The summed E-state index contributed by atoms with van der Waals surface area (Å²) in [5.41, 5.74) is 0.840. The summed E-state index contributed by atoms with van der Waals surface area (Å²) in [6.45, 7) is 1.88. The molecule has 2 atom stereocenters. The highest BCUT2D eigenvalue weighted by Crippen LogP contribution is 2.54. The number of carbonyl (C=O) groups is 3. The zero-order chi connectivity index (χ0) is 33.0. The Hall–Kier alpha value is -5.29. The maximum absolute atomic E-state index is 14.7. The number of aromatic amines is 1. The second-order valence-electron chi connectivity index (χ2n) is 11.5. The second kappa shape index (κ2) is 11.5. The van der Waals surface area contributed by atoms with Crippen LogP contribution >= 0.6 is 11.6 Å². The minimum atomic E-state index is -1.96. The number of nitrogens with one attached hydrogen (secondary N) is 2. The number of H-pyrrole nitrogens is 1. The van der Waals surface area contributed by atoms with Gasteiger partial charge in [-0.15, -0.1) is 0 Å². The first-order valence-corrected chi connectivity index (χ1v) is 15.3. The van der Waals surface area contributed by atoms with E-state index in [1.807, 2.05) is 24.3 Å². The summed E-state index contributed by atoms with van der Waals surface area (Å²) >= 11 is 6.61. The molecule has 11 nitrogen and oxygen atoms in total. The fraction of sp³-hybridized carbons (Fsp3) is 0.257. The van der Waals surface area contributed by atoms with Crippen LogP contribution < -0.4 is 24.3 Å². The molecule has 240 valence electrons. The van der Waals surface area contributed by atoms with Crippen molar-refractivity contribution in [1.82, 2.24) is 15.3 Å². The Balaban J connectivity index is 1.29. The molecule has 1 spiro atoms. The fourth-order valence-corrected chi connectivity index (χ4v) is 6.74. The van der Waals surface area contributed by atoms with E-state index >= 15 is 0 Å². The Morgan fingerprint density at radius 3 is 2.45 bits per heavy atom. The van der Waals surface area contributed by atoms with Crippen LogP contribution in [0, 0.1) is 5.92 Å². The van der Waals surface area contributed by atoms with E-state index in [2.05, 4.69) is 15.3 Å². The number of furan rings is 1. The lowest BCUT2D eigenvalue weighted by atomic mass is 9.70. The van der Waals surface area contributed by atoms with E-state index in [1.165, 1.54) is 20.3 Å². The number of aromatic nitrogens is 2. The quantitative estimate of drug-likeness (QED) is 0.200. The van der Waals surface area contributed by atoms with E-state index < -0.39 is 23.1 Å². The maximum atomic E-state index is 14.7. The number of ether oxygens (including phenoxy) is 4. The van der Waals surface area contributed by atoms with E-state index in [9.17, 15) is 14.4 Å². The number of carbonyl (C=O) groups excluding carboxylic acids is 3. The van der Waals surface area contributed by atoms with Crippen LogP contribution in [0.25, 0.3) is 22.4 Å². The molecule has 1 aliphatic heterocycles. The van der Waals surface area contributed by atoms with Gasteiger partial charge in [-0.25, -0.2) is 4.98 Å². The van der Waals surface area contributed by atoms with E-state index in [1.54, 1.807) is 38.3 Å². The zero-order valence-electron chi connectivity index (χ0n) is 26.0. The number of halogens is 1. The summed E-state index contributed by atoms with van der Waals surface area (Å²) in [4.78, 5) is 50.3. The van der Waals surface area contributed by atoms with Gasteiger partial charge in [0.15, 0.2) is 5.75 Å². The SMILES string of the molecule is COc1ccc(-c2oc3c(c2CC(=O)NCc2nc4ccccc4[nH]2)C(=O)[C@@]2(Oc4c(Cl)c(OC)cc(OC)c4C2=O)[C@H](C)C3)cc1. The minimum absolute atomic E-state index is 0.0144. The summed E-state index contributed by atoms with van der Waals surface area (Å²) in [6, 6.07) is 16.1. The van der Waals surface area contributed by atoms with Gasteiger partial charge in [-0.2, -0.15) is 0 Å². The van der Waals surface area contributed by atoms with Gasteiger partial charge in [-0.1, -0.05) is 30.7 Å². The highest BCUT2D eigenvalue weighted by molar-refractivity contribution is 6.36. The summed E-state index contributed by atoms with van der Waals surface area (Å²) < 4.78 is 28.9. The number of para-hydroxylation sites is 2. The van der Waals surface area contributed by atoms with Crippen molar-refractivity contribution in [2.24, 2.45) is 5.92 Å². The first-order valence-electron chi connectivity index (χ1n) is 14.9. The Kier molecular flexibility index (Phi) is 7.43. The van der Waals surface area contributed by atoms with Gasteiger partial charge in [0.2, 0.25) is 23.1 Å². The van der Waals surface area contributed by atoms with Crippen molar-refractivity contribution in [1.29, 1.82) is 0 Å². The molecule has 2 aliphatic rings. The number of methoxy groups -OCH3 is 3. The average Bonchev–Trinajstić information content (AvgIpc) is 3.76. The van der Waals surface area contributed by atoms with Crippen LogP contribution in [-0.2, 0) is 24.2 Å². The number of amides is 1. The highest BCUT2D eigenvalue weighted by atomic mass is 35.5. The molecule has 1 amide bonds. The molecule has 2 aromatic heterocycles. The van der Waals surface area contributed by atoms with Crippen LogP contribution in [0.1, 0.15) is 44.8 Å². The Morgan fingerprint density at radius 1 is 1.02 bits per heavy atom. The molecule has 0 fully saturated rings. The van der Waals surface area contributed by atoms with Crippen LogP contribution in [0.5, 0.6) is 23.0 Å². The van der Waals surface area contributed by atoms with Gasteiger partial charge < -0.3 is 33.7 Å². The van der Waals surface area contributed by atoms with Crippen molar-refractivity contribution >= 4 is 40.1 Å². The van der Waals surface area contributed by atoms with E-state index in [-0.39, 0.29) is 58.7 Å². The molecule has 47 heavy (non-hydrogen) atoms. The third-order valence-corrected chi connectivity index (χ3v) is 9.19. The van der Waals surface area contributed by atoms with Crippen LogP contribution in [0.3, 0.4) is 0 Å². The molecule has 2 N–H and O–H groups in total. The topological polar surface area (TPSA) is 142 Å². The molecule has 0 unspecified atom stereocenters. The summed E-state index contributed by atoms with van der Waals surface area (Å²) in [5, 5.41) is 2.94. The van der Waals surface area contributed by atoms with Gasteiger partial charge in [0.25, 0.3) is 0 Å². The van der Waals surface area contributed by atoms with E-state index in [0.29, 0.717) is 34.2 Å². The van der Waals surface area contributed by atoms with Gasteiger partial charge in [0, 0.05) is 29.5 Å². The number of Topliss-reactive ketones (excluding diaryl/α,β-unsaturated/α-hetero) is 2. The van der Waals surface area contributed by atoms with E-state index in [0.717, 1.165) is 11.0 Å². The summed E-state index contributed by atoms with van der Waals surface area (Å²) in [6.07, 6.45) is -0.0305. The van der Waals surface area contributed by atoms with Gasteiger partial charge in [0.1, 0.15) is 45.2 Å². The Labute approximate surface area is 274 Å². The fourth-order valence-electron chi connectivity index (χ4n) is 6.47. The molecule has 12 heteroatoms. The third-order valence-electron chi connectivity index (χ3n) is 8.83. The van der Waals surface area contributed by atoms with Crippen molar-refractivity contribution in [3.05, 3.63) is 87.9 Å². The number of benzene rings is 3. The normalized spacial score (nSPS) is 18.2. The van der Waals surface area contributed by atoms with Crippen molar-refractivity contribution in [3.63, 3.8) is 0 Å². The molecule has 0 radical (unpaired) electrons. The van der Waals surface area contributed by atoms with Crippen molar-refractivity contribution in [2.75, 3.05) is 21.3 Å². The molecule has 5 aromatic rings. The number of rotatable bonds is 8.